The van der Waals surface area contributed by atoms with Crippen molar-refractivity contribution in [3.05, 3.63) is 35.1 Å². The van der Waals surface area contributed by atoms with Gasteiger partial charge in [0.1, 0.15) is 5.82 Å². The van der Waals surface area contributed by atoms with Crippen molar-refractivity contribution in [3.63, 3.8) is 0 Å². The van der Waals surface area contributed by atoms with Crippen LogP contribution in [0.1, 0.15) is 41.6 Å². The first-order valence-corrected chi connectivity index (χ1v) is 6.90. The topological polar surface area (TPSA) is 49.3 Å². The Kier molecular flexibility index (Phi) is 3.27. The van der Waals surface area contributed by atoms with Crippen molar-refractivity contribution < 1.29 is 14.3 Å². The van der Waals surface area contributed by atoms with E-state index in [1.165, 1.54) is 37.8 Å². The van der Waals surface area contributed by atoms with E-state index in [1.54, 1.807) is 6.07 Å². The molecule has 1 aromatic carbocycles. The molecule has 2 N–H and O–H groups in total. The van der Waals surface area contributed by atoms with Gasteiger partial charge in [-0.1, -0.05) is 6.07 Å². The summed E-state index contributed by atoms with van der Waals surface area (Å²) in [4.78, 5) is 10.7. The van der Waals surface area contributed by atoms with Crippen molar-refractivity contribution >= 4 is 5.97 Å². The van der Waals surface area contributed by atoms with E-state index in [9.17, 15) is 9.18 Å². The van der Waals surface area contributed by atoms with E-state index in [4.69, 9.17) is 5.11 Å². The highest BCUT2D eigenvalue weighted by atomic mass is 19.1. The number of hydrogen-bond donors (Lipinski definition) is 2. The highest BCUT2D eigenvalue weighted by Gasteiger charge is 2.40. The lowest BCUT2D eigenvalue weighted by Crippen LogP contribution is -2.32. The Labute approximate surface area is 111 Å². The molecule has 3 rings (SSSR count). The molecule has 0 heterocycles. The summed E-state index contributed by atoms with van der Waals surface area (Å²) < 4.78 is 13.6. The standard InChI is InChI=1S/C15H18FNO2/c16-13-7-9(1-6-12(13)15(18)19)8-17-14(10-2-3-10)11-4-5-11/h1,6-7,10-11,14,17H,2-5,8H2,(H,18,19). The Morgan fingerprint density at radius 3 is 2.42 bits per heavy atom. The van der Waals surface area contributed by atoms with Crippen molar-refractivity contribution in [1.82, 2.24) is 5.32 Å². The minimum absolute atomic E-state index is 0.260. The lowest BCUT2D eigenvalue weighted by Gasteiger charge is -2.17. The Bertz CT molecular complexity index is 483. The third kappa shape index (κ3) is 2.95. The quantitative estimate of drug-likeness (QED) is 0.829. The fraction of sp³-hybridized carbons (Fsp3) is 0.533. The Morgan fingerprint density at radius 2 is 1.95 bits per heavy atom. The molecule has 2 aliphatic rings. The van der Waals surface area contributed by atoms with Crippen LogP contribution in [0.5, 0.6) is 0 Å². The fourth-order valence-corrected chi connectivity index (χ4v) is 2.71. The van der Waals surface area contributed by atoms with Crippen molar-refractivity contribution in [2.75, 3.05) is 0 Å². The monoisotopic (exact) mass is 263 g/mol. The normalized spacial score (nSPS) is 18.8. The minimum Gasteiger partial charge on any atom is -0.478 e. The van der Waals surface area contributed by atoms with Gasteiger partial charge in [0.05, 0.1) is 5.56 Å². The van der Waals surface area contributed by atoms with Crippen molar-refractivity contribution in [2.45, 2.75) is 38.3 Å². The van der Waals surface area contributed by atoms with E-state index < -0.39 is 11.8 Å². The molecule has 0 aromatic heterocycles. The van der Waals surface area contributed by atoms with E-state index in [2.05, 4.69) is 5.32 Å². The number of benzene rings is 1. The SMILES string of the molecule is O=C(O)c1ccc(CNC(C2CC2)C2CC2)cc1F. The number of hydrogen-bond acceptors (Lipinski definition) is 2. The maximum Gasteiger partial charge on any atom is 0.338 e. The third-order valence-electron chi connectivity index (χ3n) is 4.07. The number of carboxylic acid groups (broad SMARTS) is 1. The molecule has 0 saturated heterocycles. The van der Waals surface area contributed by atoms with E-state index in [-0.39, 0.29) is 5.56 Å². The second kappa shape index (κ2) is 4.93. The van der Waals surface area contributed by atoms with Gasteiger partial charge in [0.2, 0.25) is 0 Å². The number of rotatable bonds is 6. The predicted molar refractivity (Wildman–Crippen MR) is 69.4 cm³/mol. The molecule has 0 bridgehead atoms. The molecule has 0 spiro atoms. The Hall–Kier alpha value is -1.42. The van der Waals surface area contributed by atoms with E-state index in [0.717, 1.165) is 17.4 Å². The average molecular weight is 263 g/mol. The van der Waals surface area contributed by atoms with Crippen molar-refractivity contribution in [1.29, 1.82) is 0 Å². The van der Waals surface area contributed by atoms with E-state index >= 15 is 0 Å². The number of carboxylic acids is 1. The number of halogens is 1. The van der Waals surface area contributed by atoms with Gasteiger partial charge < -0.3 is 10.4 Å². The van der Waals surface area contributed by atoms with Gasteiger partial charge in [-0.05, 0) is 55.2 Å². The first-order chi connectivity index (χ1) is 9.15. The summed E-state index contributed by atoms with van der Waals surface area (Å²) in [7, 11) is 0. The van der Waals surface area contributed by atoms with Crippen LogP contribution in [0, 0.1) is 17.7 Å². The molecule has 3 nitrogen and oxygen atoms in total. The van der Waals surface area contributed by atoms with Gasteiger partial charge in [0.25, 0.3) is 0 Å². The highest BCUT2D eigenvalue weighted by molar-refractivity contribution is 5.87. The van der Waals surface area contributed by atoms with Gasteiger partial charge in [-0.2, -0.15) is 0 Å². The van der Waals surface area contributed by atoms with E-state index in [1.807, 2.05) is 0 Å². The summed E-state index contributed by atoms with van der Waals surface area (Å²) in [6.45, 7) is 0.620. The fourth-order valence-electron chi connectivity index (χ4n) is 2.71. The molecule has 0 radical (unpaired) electrons. The molecule has 2 aliphatic carbocycles. The number of carbonyl (C=O) groups is 1. The summed E-state index contributed by atoms with van der Waals surface area (Å²) in [6, 6.07) is 4.93. The molecule has 102 valence electrons. The first-order valence-electron chi connectivity index (χ1n) is 6.90. The van der Waals surface area contributed by atoms with Gasteiger partial charge in [-0.25, -0.2) is 9.18 Å². The van der Waals surface area contributed by atoms with Crippen LogP contribution < -0.4 is 5.32 Å². The molecular formula is C15H18FNO2. The summed E-state index contributed by atoms with van der Waals surface area (Å²) in [5.41, 5.74) is 0.554. The van der Waals surface area contributed by atoms with Gasteiger partial charge in [0, 0.05) is 12.6 Å². The van der Waals surface area contributed by atoms with Gasteiger partial charge in [-0.3, -0.25) is 0 Å². The zero-order valence-corrected chi connectivity index (χ0v) is 10.7. The Balaban J connectivity index is 1.63. The third-order valence-corrected chi connectivity index (χ3v) is 4.07. The zero-order chi connectivity index (χ0) is 13.4. The zero-order valence-electron chi connectivity index (χ0n) is 10.7. The number of aromatic carboxylic acids is 1. The predicted octanol–water partition coefficient (Wildman–Crippen LogP) is 2.80. The molecule has 0 aliphatic heterocycles. The Morgan fingerprint density at radius 1 is 1.32 bits per heavy atom. The van der Waals surface area contributed by atoms with Crippen LogP contribution in [0.2, 0.25) is 0 Å². The van der Waals surface area contributed by atoms with Gasteiger partial charge in [-0.15, -0.1) is 0 Å². The summed E-state index contributed by atoms with van der Waals surface area (Å²) in [5, 5.41) is 12.3. The summed E-state index contributed by atoms with van der Waals surface area (Å²) in [6.07, 6.45) is 5.22. The summed E-state index contributed by atoms with van der Waals surface area (Å²) >= 11 is 0. The maximum atomic E-state index is 13.6. The van der Waals surface area contributed by atoms with Crippen LogP contribution in [0.3, 0.4) is 0 Å². The average Bonchev–Trinajstić information content (AvgIpc) is 3.23. The molecular weight excluding hydrogens is 245 g/mol. The minimum atomic E-state index is -1.22. The second-order valence-corrected chi connectivity index (χ2v) is 5.70. The van der Waals surface area contributed by atoms with Gasteiger partial charge >= 0.3 is 5.97 Å². The van der Waals surface area contributed by atoms with Crippen molar-refractivity contribution in [2.24, 2.45) is 11.8 Å². The first kappa shape index (κ1) is 12.6. The van der Waals surface area contributed by atoms with Gasteiger partial charge in [0.15, 0.2) is 0 Å². The summed E-state index contributed by atoms with van der Waals surface area (Å²) in [5.74, 6) is -0.265. The maximum absolute atomic E-state index is 13.6. The molecule has 0 amide bonds. The molecule has 4 heteroatoms. The van der Waals surface area contributed by atoms with Crippen LogP contribution in [0.15, 0.2) is 18.2 Å². The van der Waals surface area contributed by atoms with Crippen molar-refractivity contribution in [3.8, 4) is 0 Å². The lowest BCUT2D eigenvalue weighted by molar-refractivity contribution is 0.0692. The largest absolute Gasteiger partial charge is 0.478 e. The molecule has 0 atom stereocenters. The lowest BCUT2D eigenvalue weighted by atomic mass is 10.1. The molecule has 2 saturated carbocycles. The second-order valence-electron chi connectivity index (χ2n) is 5.70. The van der Waals surface area contributed by atoms with Crippen LogP contribution in [-0.2, 0) is 6.54 Å². The van der Waals surface area contributed by atoms with E-state index in [0.29, 0.717) is 12.6 Å². The van der Waals surface area contributed by atoms with Crippen LogP contribution in [-0.4, -0.2) is 17.1 Å². The molecule has 1 aromatic rings. The van der Waals surface area contributed by atoms with Crippen LogP contribution >= 0.6 is 0 Å². The smallest absolute Gasteiger partial charge is 0.338 e. The number of nitrogens with one attached hydrogen (secondary N) is 1. The molecule has 2 fully saturated rings. The molecule has 19 heavy (non-hydrogen) atoms. The highest BCUT2D eigenvalue weighted by Crippen LogP contribution is 2.44. The van der Waals surface area contributed by atoms with Crippen LogP contribution in [0.4, 0.5) is 4.39 Å². The van der Waals surface area contributed by atoms with Crippen LogP contribution in [0.25, 0.3) is 0 Å². The molecule has 0 unspecified atom stereocenters.